The van der Waals surface area contributed by atoms with Crippen LogP contribution < -0.4 is 26.0 Å². The number of aliphatic hydroxyl groups excluding tert-OH is 2. The van der Waals surface area contributed by atoms with Gasteiger partial charge in [-0.2, -0.15) is 5.06 Å². The number of ether oxygens (including phenoxy) is 1. The highest BCUT2D eigenvalue weighted by Gasteiger charge is 2.57. The number of nitrogens with one attached hydrogen (secondary N) is 2. The maximum absolute atomic E-state index is 14.1. The van der Waals surface area contributed by atoms with Crippen molar-refractivity contribution in [3.05, 3.63) is 77.4 Å². The molecular weight excluding hydrogens is 658 g/mol. The zero-order chi connectivity index (χ0) is 37.3. The quantitative estimate of drug-likeness (QED) is 0.164. The smallest absolute Gasteiger partial charge is 0.251 e. The Kier molecular flexibility index (Phi) is 11.2. The fourth-order valence-electron chi connectivity index (χ4n) is 8.86. The number of anilines is 2. The van der Waals surface area contributed by atoms with Gasteiger partial charge in [0.1, 0.15) is 17.9 Å². The molecule has 0 unspecified atom stereocenters. The second-order valence-corrected chi connectivity index (χ2v) is 15.7. The lowest BCUT2D eigenvalue weighted by atomic mass is 9.45. The molecule has 4 fully saturated rings. The van der Waals surface area contributed by atoms with Crippen LogP contribution in [0.4, 0.5) is 11.4 Å². The number of carbonyl (C=O) groups is 2. The van der Waals surface area contributed by atoms with Crippen LogP contribution in [0.3, 0.4) is 0 Å². The van der Waals surface area contributed by atoms with Crippen LogP contribution in [-0.4, -0.2) is 86.2 Å². The second kappa shape index (κ2) is 15.4. The number of hydrogen-bond donors (Lipinski definition) is 5. The highest BCUT2D eigenvalue weighted by atomic mass is 16.7. The highest BCUT2D eigenvalue weighted by Crippen LogP contribution is 2.61. The number of methoxy groups -OCH3 is 1. The molecule has 0 radical (unpaired) electrons. The molecule has 6 N–H and O–H groups in total. The molecule has 2 bridgehead atoms. The van der Waals surface area contributed by atoms with Gasteiger partial charge in [-0.15, -0.1) is 0 Å². The van der Waals surface area contributed by atoms with Crippen LogP contribution in [-0.2, 0) is 22.6 Å². The second-order valence-electron chi connectivity index (χ2n) is 15.7. The van der Waals surface area contributed by atoms with Gasteiger partial charge < -0.3 is 36.2 Å². The summed E-state index contributed by atoms with van der Waals surface area (Å²) < 4.78 is 6.03. The number of rotatable bonds is 13. The predicted molar refractivity (Wildman–Crippen MR) is 203 cm³/mol. The van der Waals surface area contributed by atoms with Gasteiger partial charge >= 0.3 is 0 Å². The molecule has 1 aliphatic heterocycles. The molecule has 11 nitrogen and oxygen atoms in total. The molecule has 1 saturated heterocycles. The minimum atomic E-state index is -0.811. The largest absolute Gasteiger partial charge is 0.496 e. The molecular formula is C41H55N5O6. The van der Waals surface area contributed by atoms with Gasteiger partial charge in [0, 0.05) is 60.7 Å². The first-order valence-electron chi connectivity index (χ1n) is 18.4. The van der Waals surface area contributed by atoms with E-state index in [1.165, 1.54) is 6.42 Å². The minimum Gasteiger partial charge on any atom is -0.496 e. The number of fused-ring (bicyclic) bond motifs is 2. The molecule has 3 saturated carbocycles. The highest BCUT2D eigenvalue weighted by molar-refractivity contribution is 5.97. The van der Waals surface area contributed by atoms with E-state index in [0.717, 1.165) is 34.4 Å². The zero-order valence-electron chi connectivity index (χ0n) is 31.3. The van der Waals surface area contributed by atoms with Gasteiger partial charge in [0.2, 0.25) is 5.91 Å². The molecule has 3 aliphatic carbocycles. The van der Waals surface area contributed by atoms with Crippen molar-refractivity contribution >= 4 is 23.2 Å². The third-order valence-corrected chi connectivity index (χ3v) is 12.1. The van der Waals surface area contributed by atoms with E-state index in [-0.39, 0.29) is 43.0 Å². The number of benzene rings is 3. The van der Waals surface area contributed by atoms with Gasteiger partial charge in [-0.25, -0.2) is 0 Å². The predicted octanol–water partition coefficient (Wildman–Crippen LogP) is 4.26. The third-order valence-electron chi connectivity index (χ3n) is 12.1. The van der Waals surface area contributed by atoms with E-state index in [4.69, 9.17) is 15.3 Å². The summed E-state index contributed by atoms with van der Waals surface area (Å²) in [5, 5.41) is 28.6. The SMILES string of the molecule is COc1c(CN2O[C@@H](CO)[C@@H](CO)[C@H]2C(=O)N[C@H]2C[C@@H]3C[C@H]([C@@H]2C)C3(C)C)cccc1-c1cc(C(=O)NCCc2cccc(N)c2)cc(N(C)C)c1. The van der Waals surface area contributed by atoms with Crippen LogP contribution in [0.25, 0.3) is 11.1 Å². The average molecular weight is 714 g/mol. The average Bonchev–Trinajstić information content (AvgIpc) is 3.49. The normalized spacial score (nSPS) is 26.3. The lowest BCUT2D eigenvalue weighted by molar-refractivity contribution is -0.183. The van der Waals surface area contributed by atoms with E-state index < -0.39 is 18.1 Å². The van der Waals surface area contributed by atoms with Gasteiger partial charge in [-0.1, -0.05) is 51.1 Å². The Hall–Kier alpha value is -4.16. The lowest BCUT2D eigenvalue weighted by Crippen LogP contribution is -2.62. The number of hydroxylamine groups is 2. The topological polar surface area (TPSA) is 150 Å². The van der Waals surface area contributed by atoms with Crippen LogP contribution in [0, 0.1) is 29.1 Å². The number of para-hydroxylation sites is 1. The summed E-state index contributed by atoms with van der Waals surface area (Å²) in [5.41, 5.74) is 11.6. The van der Waals surface area contributed by atoms with Gasteiger partial charge in [-0.05, 0) is 83.9 Å². The molecule has 7 atom stereocenters. The van der Waals surface area contributed by atoms with Crippen LogP contribution in [0.5, 0.6) is 5.75 Å². The minimum absolute atomic E-state index is 0.0454. The van der Waals surface area contributed by atoms with Crippen LogP contribution in [0.15, 0.2) is 60.7 Å². The van der Waals surface area contributed by atoms with E-state index in [1.54, 1.807) is 12.2 Å². The Bertz CT molecular complexity index is 1760. The van der Waals surface area contributed by atoms with Crippen LogP contribution >= 0.6 is 0 Å². The number of carbonyl (C=O) groups excluding carboxylic acids is 2. The molecule has 52 heavy (non-hydrogen) atoms. The zero-order valence-corrected chi connectivity index (χ0v) is 31.3. The fourth-order valence-corrected chi connectivity index (χ4v) is 8.86. The standard InChI is InChI=1S/C41H55N5O6/c1-24-34-19-29(41(34,2)3)20-35(24)44-40(50)37-33(22-47)36(23-48)52-46(37)21-26-10-8-12-32(38(26)51-6)27-16-28(18-31(17-27)45(4)5)39(49)43-14-13-25-9-7-11-30(42)15-25/h7-12,15-18,24,29,33-37,47-48H,13-14,19-23,42H2,1-6H3,(H,43,49)(H,44,50)/t24-,29-,33+,34+,35-,36-,37-/m0/s1. The first-order chi connectivity index (χ1) is 24.9. The first-order valence-corrected chi connectivity index (χ1v) is 18.4. The number of amides is 2. The van der Waals surface area contributed by atoms with Crippen LogP contribution in [0.2, 0.25) is 0 Å². The number of nitrogens with zero attached hydrogens (tertiary/aromatic N) is 2. The summed E-state index contributed by atoms with van der Waals surface area (Å²) in [7, 11) is 5.45. The van der Waals surface area contributed by atoms with Crippen molar-refractivity contribution in [3.8, 4) is 16.9 Å². The molecule has 280 valence electrons. The Labute approximate surface area is 307 Å². The summed E-state index contributed by atoms with van der Waals surface area (Å²) in [4.78, 5) is 35.7. The summed E-state index contributed by atoms with van der Waals surface area (Å²) in [6, 6.07) is 18.4. The number of hydrogen-bond acceptors (Lipinski definition) is 9. The molecule has 7 rings (SSSR count). The van der Waals surface area contributed by atoms with Crippen molar-refractivity contribution in [2.75, 3.05) is 51.6 Å². The molecule has 0 aromatic heterocycles. The number of nitrogens with two attached hydrogens (primary N) is 1. The number of aliphatic hydroxyl groups is 2. The van der Waals surface area contributed by atoms with E-state index in [1.807, 2.05) is 79.7 Å². The van der Waals surface area contributed by atoms with Crippen molar-refractivity contribution in [1.29, 1.82) is 0 Å². The van der Waals surface area contributed by atoms with Gasteiger partial charge in [0.15, 0.2) is 0 Å². The van der Waals surface area contributed by atoms with Crippen molar-refractivity contribution in [2.45, 2.75) is 64.8 Å². The molecule has 1 heterocycles. The van der Waals surface area contributed by atoms with Crippen molar-refractivity contribution in [2.24, 2.45) is 29.1 Å². The Morgan fingerprint density at radius 3 is 2.48 bits per heavy atom. The van der Waals surface area contributed by atoms with Gasteiger partial charge in [0.05, 0.1) is 26.9 Å². The van der Waals surface area contributed by atoms with Crippen LogP contribution in [0.1, 0.15) is 55.1 Å². The maximum atomic E-state index is 14.1. The molecule has 2 amide bonds. The summed E-state index contributed by atoms with van der Waals surface area (Å²) >= 11 is 0. The third kappa shape index (κ3) is 7.37. The van der Waals surface area contributed by atoms with E-state index in [2.05, 4.69) is 31.4 Å². The Morgan fingerprint density at radius 2 is 1.83 bits per heavy atom. The van der Waals surface area contributed by atoms with Crippen molar-refractivity contribution in [1.82, 2.24) is 15.7 Å². The lowest BCUT2D eigenvalue weighted by Gasteiger charge is -2.62. The molecule has 3 aromatic rings. The molecule has 4 aliphatic rings. The van der Waals surface area contributed by atoms with Gasteiger partial charge in [-0.3, -0.25) is 14.4 Å². The maximum Gasteiger partial charge on any atom is 0.251 e. The molecule has 0 spiro atoms. The van der Waals surface area contributed by atoms with Crippen molar-refractivity contribution in [3.63, 3.8) is 0 Å². The van der Waals surface area contributed by atoms with Gasteiger partial charge in [0.25, 0.3) is 5.91 Å². The van der Waals surface area contributed by atoms with E-state index >= 15 is 0 Å². The number of nitrogen functional groups attached to an aromatic ring is 1. The van der Waals surface area contributed by atoms with Crippen molar-refractivity contribution < 1.29 is 29.4 Å². The van der Waals surface area contributed by atoms with E-state index in [0.29, 0.717) is 47.7 Å². The molecule has 11 heteroatoms. The monoisotopic (exact) mass is 713 g/mol. The summed E-state index contributed by atoms with van der Waals surface area (Å²) in [6.07, 6.45) is 2.05. The first kappa shape index (κ1) is 37.6. The molecule has 3 aromatic carbocycles. The fraction of sp³-hybridized carbons (Fsp3) is 0.512. The summed E-state index contributed by atoms with van der Waals surface area (Å²) in [6.45, 7) is 6.88. The Morgan fingerprint density at radius 1 is 1.06 bits per heavy atom. The Balaban J connectivity index is 1.24. The summed E-state index contributed by atoms with van der Waals surface area (Å²) in [5.74, 6) is 1.04. The van der Waals surface area contributed by atoms with E-state index in [9.17, 15) is 19.8 Å².